The molecule has 0 spiro atoms. The molecule has 1 heterocycles. The molecule has 1 aliphatic carbocycles. The summed E-state index contributed by atoms with van der Waals surface area (Å²) in [6.45, 7) is 5.13. The maximum absolute atomic E-state index is 12.0. The first-order valence-electron chi connectivity index (χ1n) is 6.28. The van der Waals surface area contributed by atoms with Crippen LogP contribution in [-0.2, 0) is 4.79 Å². The van der Waals surface area contributed by atoms with Gasteiger partial charge in [-0.3, -0.25) is 10.1 Å². The van der Waals surface area contributed by atoms with Crippen molar-refractivity contribution in [3.63, 3.8) is 0 Å². The van der Waals surface area contributed by atoms with E-state index in [0.717, 1.165) is 25.4 Å². The minimum atomic E-state index is 0.103. The minimum Gasteiger partial charge on any atom is -0.326 e. The Balaban J connectivity index is 1.85. The standard InChI is InChI=1S/C12H22N2O/c1-3-4-5-11-12(15)14(8-13-11)9(2)10-6-7-10/h9-11,13H,3-8H2,1-2H3. The quantitative estimate of drug-likeness (QED) is 0.749. The number of carbonyl (C=O) groups excluding carboxylic acids is 1. The van der Waals surface area contributed by atoms with Crippen molar-refractivity contribution in [2.75, 3.05) is 6.67 Å². The number of unbranched alkanes of at least 4 members (excludes halogenated alkanes) is 1. The molecule has 1 N–H and O–H groups in total. The van der Waals surface area contributed by atoms with Gasteiger partial charge < -0.3 is 4.90 Å². The summed E-state index contributed by atoms with van der Waals surface area (Å²) < 4.78 is 0. The Labute approximate surface area is 92.2 Å². The molecule has 1 aliphatic heterocycles. The number of nitrogens with one attached hydrogen (secondary N) is 1. The normalized spacial score (nSPS) is 28.5. The maximum atomic E-state index is 12.0. The number of carbonyl (C=O) groups is 1. The molecule has 2 aliphatic rings. The molecule has 3 heteroatoms. The van der Waals surface area contributed by atoms with Gasteiger partial charge in [0.05, 0.1) is 12.7 Å². The van der Waals surface area contributed by atoms with E-state index < -0.39 is 0 Å². The van der Waals surface area contributed by atoms with E-state index in [4.69, 9.17) is 0 Å². The lowest BCUT2D eigenvalue weighted by atomic mass is 10.1. The number of rotatable bonds is 5. The molecule has 1 saturated heterocycles. The molecule has 0 radical (unpaired) electrons. The Hall–Kier alpha value is -0.570. The maximum Gasteiger partial charge on any atom is 0.241 e. The fraction of sp³-hybridized carbons (Fsp3) is 0.917. The van der Waals surface area contributed by atoms with Gasteiger partial charge in [0.15, 0.2) is 0 Å². The van der Waals surface area contributed by atoms with Crippen LogP contribution in [0.25, 0.3) is 0 Å². The third-order valence-electron chi connectivity index (χ3n) is 3.73. The molecule has 3 nitrogen and oxygen atoms in total. The Kier molecular flexibility index (Phi) is 3.29. The molecule has 0 aromatic rings. The second kappa shape index (κ2) is 4.52. The highest BCUT2D eigenvalue weighted by Crippen LogP contribution is 2.35. The zero-order valence-electron chi connectivity index (χ0n) is 9.83. The van der Waals surface area contributed by atoms with Gasteiger partial charge in [0.1, 0.15) is 0 Å². The molecular weight excluding hydrogens is 188 g/mol. The van der Waals surface area contributed by atoms with Gasteiger partial charge in [-0.25, -0.2) is 0 Å². The lowest BCUT2D eigenvalue weighted by molar-refractivity contribution is -0.131. The van der Waals surface area contributed by atoms with E-state index in [2.05, 4.69) is 19.2 Å². The van der Waals surface area contributed by atoms with Crippen LogP contribution in [0, 0.1) is 5.92 Å². The van der Waals surface area contributed by atoms with Crippen LogP contribution in [0.15, 0.2) is 0 Å². The predicted octanol–water partition coefficient (Wildman–Crippen LogP) is 1.73. The highest BCUT2D eigenvalue weighted by atomic mass is 16.2. The summed E-state index contributed by atoms with van der Waals surface area (Å²) in [4.78, 5) is 14.1. The average Bonchev–Trinajstić information content (AvgIpc) is 3.01. The summed E-state index contributed by atoms with van der Waals surface area (Å²) in [5.74, 6) is 1.11. The summed E-state index contributed by atoms with van der Waals surface area (Å²) in [5, 5.41) is 3.33. The number of nitrogens with zero attached hydrogens (tertiary/aromatic N) is 1. The molecule has 0 bridgehead atoms. The van der Waals surface area contributed by atoms with Gasteiger partial charge in [-0.05, 0) is 32.1 Å². The van der Waals surface area contributed by atoms with Crippen LogP contribution in [0.5, 0.6) is 0 Å². The van der Waals surface area contributed by atoms with Gasteiger partial charge in [-0.1, -0.05) is 19.8 Å². The molecule has 0 aromatic carbocycles. The monoisotopic (exact) mass is 210 g/mol. The SMILES string of the molecule is CCCCC1NCN(C(C)C2CC2)C1=O. The molecule has 2 unspecified atom stereocenters. The zero-order valence-corrected chi connectivity index (χ0v) is 9.83. The summed E-state index contributed by atoms with van der Waals surface area (Å²) >= 11 is 0. The molecule has 2 fully saturated rings. The molecule has 1 saturated carbocycles. The molecule has 15 heavy (non-hydrogen) atoms. The van der Waals surface area contributed by atoms with Crippen LogP contribution in [0.2, 0.25) is 0 Å². The van der Waals surface area contributed by atoms with Crippen LogP contribution < -0.4 is 5.32 Å². The number of hydrogen-bond donors (Lipinski definition) is 1. The van der Waals surface area contributed by atoms with Crippen LogP contribution in [-0.4, -0.2) is 29.6 Å². The highest BCUT2D eigenvalue weighted by molar-refractivity contribution is 5.84. The highest BCUT2D eigenvalue weighted by Gasteiger charge is 2.39. The molecular formula is C12H22N2O. The van der Waals surface area contributed by atoms with E-state index in [9.17, 15) is 4.79 Å². The number of hydrogen-bond acceptors (Lipinski definition) is 2. The van der Waals surface area contributed by atoms with Crippen LogP contribution >= 0.6 is 0 Å². The van der Waals surface area contributed by atoms with Gasteiger partial charge in [-0.15, -0.1) is 0 Å². The van der Waals surface area contributed by atoms with Gasteiger partial charge in [0.25, 0.3) is 0 Å². The minimum absolute atomic E-state index is 0.103. The van der Waals surface area contributed by atoms with Gasteiger partial charge in [0.2, 0.25) is 5.91 Å². The van der Waals surface area contributed by atoms with E-state index in [1.807, 2.05) is 4.90 Å². The fourth-order valence-corrected chi connectivity index (χ4v) is 2.39. The smallest absolute Gasteiger partial charge is 0.241 e. The Morgan fingerprint density at radius 3 is 2.87 bits per heavy atom. The zero-order chi connectivity index (χ0) is 10.8. The topological polar surface area (TPSA) is 32.3 Å². The molecule has 2 atom stereocenters. The third-order valence-corrected chi connectivity index (χ3v) is 3.73. The lowest BCUT2D eigenvalue weighted by Gasteiger charge is -2.23. The van der Waals surface area contributed by atoms with E-state index >= 15 is 0 Å². The van der Waals surface area contributed by atoms with Crippen molar-refractivity contribution in [1.82, 2.24) is 10.2 Å². The average molecular weight is 210 g/mol. The Morgan fingerprint density at radius 1 is 1.53 bits per heavy atom. The lowest BCUT2D eigenvalue weighted by Crippen LogP contribution is -2.38. The largest absolute Gasteiger partial charge is 0.326 e. The second-order valence-corrected chi connectivity index (χ2v) is 4.94. The second-order valence-electron chi connectivity index (χ2n) is 4.94. The Bertz CT molecular complexity index is 238. The fourth-order valence-electron chi connectivity index (χ4n) is 2.39. The summed E-state index contributed by atoms with van der Waals surface area (Å²) in [6, 6.07) is 0.558. The first-order valence-corrected chi connectivity index (χ1v) is 6.28. The van der Waals surface area contributed by atoms with E-state index in [1.165, 1.54) is 19.3 Å². The molecule has 1 amide bonds. The van der Waals surface area contributed by atoms with Crippen LogP contribution in [0.3, 0.4) is 0 Å². The van der Waals surface area contributed by atoms with Crippen molar-refractivity contribution in [2.24, 2.45) is 5.92 Å². The molecule has 86 valence electrons. The molecule has 2 rings (SSSR count). The van der Waals surface area contributed by atoms with Crippen LogP contribution in [0.1, 0.15) is 46.0 Å². The predicted molar refractivity (Wildman–Crippen MR) is 60.3 cm³/mol. The first kappa shape index (κ1) is 10.9. The van der Waals surface area contributed by atoms with Crippen molar-refractivity contribution in [3.8, 4) is 0 Å². The van der Waals surface area contributed by atoms with Crippen molar-refractivity contribution in [1.29, 1.82) is 0 Å². The van der Waals surface area contributed by atoms with Gasteiger partial charge in [0, 0.05) is 6.04 Å². The Morgan fingerprint density at radius 2 is 2.27 bits per heavy atom. The summed E-state index contributed by atoms with van der Waals surface area (Å²) in [5.41, 5.74) is 0. The summed E-state index contributed by atoms with van der Waals surface area (Å²) in [7, 11) is 0. The van der Waals surface area contributed by atoms with Crippen molar-refractivity contribution in [2.45, 2.75) is 58.0 Å². The van der Waals surface area contributed by atoms with Crippen molar-refractivity contribution in [3.05, 3.63) is 0 Å². The third kappa shape index (κ3) is 2.33. The van der Waals surface area contributed by atoms with E-state index in [-0.39, 0.29) is 6.04 Å². The summed E-state index contributed by atoms with van der Waals surface area (Å²) in [6.07, 6.45) is 5.94. The van der Waals surface area contributed by atoms with E-state index in [1.54, 1.807) is 0 Å². The van der Waals surface area contributed by atoms with Crippen molar-refractivity contribution < 1.29 is 4.79 Å². The van der Waals surface area contributed by atoms with Gasteiger partial charge >= 0.3 is 0 Å². The number of amides is 1. The first-order chi connectivity index (χ1) is 7.24. The van der Waals surface area contributed by atoms with Gasteiger partial charge in [-0.2, -0.15) is 0 Å². The van der Waals surface area contributed by atoms with E-state index in [0.29, 0.717) is 11.9 Å². The van der Waals surface area contributed by atoms with Crippen molar-refractivity contribution >= 4 is 5.91 Å². The van der Waals surface area contributed by atoms with Crippen LogP contribution in [0.4, 0.5) is 0 Å². The molecule has 0 aromatic heterocycles.